The number of carbonyl (C=O) groups is 1. The molecule has 152 valence electrons. The van der Waals surface area contributed by atoms with Crippen molar-refractivity contribution in [1.29, 1.82) is 0 Å². The quantitative estimate of drug-likeness (QED) is 0.793. The second kappa shape index (κ2) is 9.19. The number of hydrogen-bond donors (Lipinski definition) is 1. The molecule has 1 fully saturated rings. The first-order valence-electron chi connectivity index (χ1n) is 10.1. The normalized spacial score (nSPS) is 15.8. The van der Waals surface area contributed by atoms with Crippen molar-refractivity contribution in [3.63, 3.8) is 0 Å². The third kappa shape index (κ3) is 5.32. The lowest BCUT2D eigenvalue weighted by molar-refractivity contribution is 0.0935. The molecule has 0 saturated carbocycles. The Morgan fingerprint density at radius 3 is 2.61 bits per heavy atom. The molecule has 2 aromatic rings. The standard InChI is InChI=1S/C21H32N6O/c1-16(2)26(4)20-6-5-18(12-22-20)14-27-9-7-17(8-10-27)11-23-21(28)19-13-24-25(3)15-19/h5-6,12-13,15-17H,7-11,14H2,1-4H3,(H,23,28). The van der Waals surface area contributed by atoms with Gasteiger partial charge in [-0.05, 0) is 57.3 Å². The van der Waals surface area contributed by atoms with Crippen molar-refractivity contribution in [3.05, 3.63) is 41.9 Å². The molecule has 3 rings (SSSR count). The average Bonchev–Trinajstić information content (AvgIpc) is 3.13. The molecule has 0 atom stereocenters. The van der Waals surface area contributed by atoms with Gasteiger partial charge in [0.2, 0.25) is 0 Å². The maximum Gasteiger partial charge on any atom is 0.254 e. The van der Waals surface area contributed by atoms with Crippen molar-refractivity contribution in [3.8, 4) is 0 Å². The maximum absolute atomic E-state index is 12.1. The van der Waals surface area contributed by atoms with E-state index in [0.29, 0.717) is 17.5 Å². The van der Waals surface area contributed by atoms with Crippen LogP contribution in [0.5, 0.6) is 0 Å². The van der Waals surface area contributed by atoms with Crippen LogP contribution in [0.15, 0.2) is 30.7 Å². The molecule has 0 spiro atoms. The highest BCUT2D eigenvalue weighted by molar-refractivity contribution is 5.93. The summed E-state index contributed by atoms with van der Waals surface area (Å²) in [4.78, 5) is 21.4. The van der Waals surface area contributed by atoms with Crippen molar-refractivity contribution in [1.82, 2.24) is 25.0 Å². The van der Waals surface area contributed by atoms with Crippen molar-refractivity contribution in [2.45, 2.75) is 39.3 Å². The number of rotatable bonds is 7. The number of aromatic nitrogens is 3. The molecule has 3 heterocycles. The summed E-state index contributed by atoms with van der Waals surface area (Å²) in [5, 5.41) is 7.09. The second-order valence-corrected chi connectivity index (χ2v) is 8.06. The first-order chi connectivity index (χ1) is 13.4. The van der Waals surface area contributed by atoms with Crippen LogP contribution in [0.2, 0.25) is 0 Å². The van der Waals surface area contributed by atoms with Gasteiger partial charge in [-0.25, -0.2) is 4.98 Å². The zero-order valence-corrected chi connectivity index (χ0v) is 17.4. The lowest BCUT2D eigenvalue weighted by Crippen LogP contribution is -2.38. The molecule has 28 heavy (non-hydrogen) atoms. The second-order valence-electron chi connectivity index (χ2n) is 8.06. The van der Waals surface area contributed by atoms with E-state index in [9.17, 15) is 4.79 Å². The van der Waals surface area contributed by atoms with Crippen LogP contribution in [0.25, 0.3) is 0 Å². The Morgan fingerprint density at radius 1 is 1.29 bits per heavy atom. The van der Waals surface area contributed by atoms with Gasteiger partial charge in [-0.15, -0.1) is 0 Å². The summed E-state index contributed by atoms with van der Waals surface area (Å²) in [6, 6.07) is 4.73. The van der Waals surface area contributed by atoms with Crippen LogP contribution in [-0.2, 0) is 13.6 Å². The van der Waals surface area contributed by atoms with Crippen molar-refractivity contribution in [2.24, 2.45) is 13.0 Å². The predicted octanol–water partition coefficient (Wildman–Crippen LogP) is 2.30. The minimum Gasteiger partial charge on any atom is -0.357 e. The van der Waals surface area contributed by atoms with Crippen LogP contribution in [0, 0.1) is 5.92 Å². The van der Waals surface area contributed by atoms with Crippen LogP contribution < -0.4 is 10.2 Å². The number of hydrogen-bond acceptors (Lipinski definition) is 5. The topological polar surface area (TPSA) is 66.3 Å². The molecular weight excluding hydrogens is 352 g/mol. The third-order valence-electron chi connectivity index (χ3n) is 5.58. The van der Waals surface area contributed by atoms with E-state index >= 15 is 0 Å². The van der Waals surface area contributed by atoms with E-state index in [1.807, 2.05) is 13.2 Å². The first kappa shape index (κ1) is 20.3. The summed E-state index contributed by atoms with van der Waals surface area (Å²) >= 11 is 0. The average molecular weight is 385 g/mol. The van der Waals surface area contributed by atoms with E-state index in [2.05, 4.69) is 58.2 Å². The molecule has 0 aromatic carbocycles. The van der Waals surface area contributed by atoms with Gasteiger partial charge in [0.15, 0.2) is 0 Å². The predicted molar refractivity (Wildman–Crippen MR) is 111 cm³/mol. The number of nitrogens with one attached hydrogen (secondary N) is 1. The van der Waals surface area contributed by atoms with Gasteiger partial charge in [0.1, 0.15) is 5.82 Å². The molecule has 2 aromatic heterocycles. The Labute approximate surface area is 167 Å². The van der Waals surface area contributed by atoms with Crippen LogP contribution in [0.1, 0.15) is 42.6 Å². The Kier molecular flexibility index (Phi) is 6.67. The van der Waals surface area contributed by atoms with Crippen LogP contribution in [-0.4, -0.2) is 58.3 Å². The minimum atomic E-state index is -0.0342. The molecule has 7 heteroatoms. The Hall–Kier alpha value is -2.41. The van der Waals surface area contributed by atoms with E-state index in [0.717, 1.165) is 44.8 Å². The van der Waals surface area contributed by atoms with Crippen molar-refractivity contribution < 1.29 is 4.79 Å². The fourth-order valence-electron chi connectivity index (χ4n) is 3.47. The fourth-order valence-corrected chi connectivity index (χ4v) is 3.47. The molecule has 1 aliphatic rings. The number of amides is 1. The molecule has 1 saturated heterocycles. The summed E-state index contributed by atoms with van der Waals surface area (Å²) in [6.45, 7) is 8.12. The molecule has 1 aliphatic heterocycles. The molecule has 0 unspecified atom stereocenters. The van der Waals surface area contributed by atoms with Gasteiger partial charge in [0.05, 0.1) is 11.8 Å². The zero-order chi connectivity index (χ0) is 20.1. The first-order valence-corrected chi connectivity index (χ1v) is 10.1. The van der Waals surface area contributed by atoms with E-state index in [1.165, 1.54) is 5.56 Å². The van der Waals surface area contributed by atoms with Crippen LogP contribution in [0.3, 0.4) is 0 Å². The smallest absolute Gasteiger partial charge is 0.254 e. The van der Waals surface area contributed by atoms with Gasteiger partial charge in [0, 0.05) is 45.6 Å². The number of aryl methyl sites for hydroxylation is 1. The zero-order valence-electron chi connectivity index (χ0n) is 17.4. The largest absolute Gasteiger partial charge is 0.357 e. The number of likely N-dealkylation sites (tertiary alicyclic amines) is 1. The van der Waals surface area contributed by atoms with E-state index < -0.39 is 0 Å². The number of piperidine rings is 1. The van der Waals surface area contributed by atoms with Crippen LogP contribution in [0.4, 0.5) is 5.82 Å². The summed E-state index contributed by atoms with van der Waals surface area (Å²) in [7, 11) is 3.89. The summed E-state index contributed by atoms with van der Waals surface area (Å²) in [6.07, 6.45) is 7.56. The van der Waals surface area contributed by atoms with Gasteiger partial charge in [0.25, 0.3) is 5.91 Å². The summed E-state index contributed by atoms with van der Waals surface area (Å²) in [5.41, 5.74) is 1.88. The Bertz CT molecular complexity index is 761. The molecular formula is C21H32N6O. The number of anilines is 1. The lowest BCUT2D eigenvalue weighted by atomic mass is 9.96. The van der Waals surface area contributed by atoms with Crippen LogP contribution >= 0.6 is 0 Å². The summed E-state index contributed by atoms with van der Waals surface area (Å²) in [5.74, 6) is 1.52. The highest BCUT2D eigenvalue weighted by Gasteiger charge is 2.20. The monoisotopic (exact) mass is 384 g/mol. The van der Waals surface area contributed by atoms with E-state index in [-0.39, 0.29) is 5.91 Å². The molecule has 0 radical (unpaired) electrons. The SMILES string of the molecule is CC(C)N(C)c1ccc(CN2CCC(CNC(=O)c3cnn(C)c3)CC2)cn1. The number of nitrogens with zero attached hydrogens (tertiary/aromatic N) is 5. The Balaban J connectivity index is 1.41. The van der Waals surface area contributed by atoms with Crippen molar-refractivity contribution in [2.75, 3.05) is 31.6 Å². The minimum absolute atomic E-state index is 0.0342. The van der Waals surface area contributed by atoms with E-state index in [1.54, 1.807) is 17.1 Å². The van der Waals surface area contributed by atoms with Gasteiger partial charge >= 0.3 is 0 Å². The van der Waals surface area contributed by atoms with E-state index in [4.69, 9.17) is 0 Å². The molecule has 1 amide bonds. The van der Waals surface area contributed by atoms with Gasteiger partial charge in [-0.1, -0.05) is 6.07 Å². The highest BCUT2D eigenvalue weighted by Crippen LogP contribution is 2.19. The molecule has 0 bridgehead atoms. The molecule has 0 aliphatic carbocycles. The third-order valence-corrected chi connectivity index (χ3v) is 5.58. The lowest BCUT2D eigenvalue weighted by Gasteiger charge is -2.32. The number of carbonyl (C=O) groups excluding carboxylic acids is 1. The van der Waals surface area contributed by atoms with Gasteiger partial charge in [-0.2, -0.15) is 5.10 Å². The molecule has 7 nitrogen and oxygen atoms in total. The van der Waals surface area contributed by atoms with Gasteiger partial charge in [-0.3, -0.25) is 14.4 Å². The fraction of sp³-hybridized carbons (Fsp3) is 0.571. The number of pyridine rings is 1. The maximum atomic E-state index is 12.1. The summed E-state index contributed by atoms with van der Waals surface area (Å²) < 4.78 is 1.65. The Morgan fingerprint density at radius 2 is 2.04 bits per heavy atom. The molecule has 1 N–H and O–H groups in total. The van der Waals surface area contributed by atoms with Crippen molar-refractivity contribution >= 4 is 11.7 Å². The highest BCUT2D eigenvalue weighted by atomic mass is 16.1. The van der Waals surface area contributed by atoms with Gasteiger partial charge < -0.3 is 10.2 Å².